The molecular formula is C12H9BrClIN2. The molecule has 2 nitrogen and oxygen atoms in total. The number of hydrogen-bond acceptors (Lipinski definition) is 2. The average molecular weight is 423 g/mol. The van der Waals surface area contributed by atoms with Crippen LogP contribution in [0, 0.1) is 10.5 Å². The summed E-state index contributed by atoms with van der Waals surface area (Å²) < 4.78 is 2.11. The van der Waals surface area contributed by atoms with Crippen LogP contribution in [-0.2, 0) is 0 Å². The Labute approximate surface area is 127 Å². The van der Waals surface area contributed by atoms with Gasteiger partial charge in [-0.1, -0.05) is 11.6 Å². The number of halogens is 3. The van der Waals surface area contributed by atoms with Crippen LogP contribution >= 0.6 is 50.1 Å². The van der Waals surface area contributed by atoms with Crippen LogP contribution in [0.2, 0.25) is 5.02 Å². The Morgan fingerprint density at radius 2 is 2.12 bits per heavy atom. The molecule has 0 aliphatic carbocycles. The summed E-state index contributed by atoms with van der Waals surface area (Å²) in [6.07, 6.45) is 1.78. The van der Waals surface area contributed by atoms with Crippen molar-refractivity contribution >= 4 is 61.6 Å². The highest BCUT2D eigenvalue weighted by molar-refractivity contribution is 14.1. The number of pyridine rings is 1. The summed E-state index contributed by atoms with van der Waals surface area (Å²) >= 11 is 11.8. The largest absolute Gasteiger partial charge is 0.339 e. The van der Waals surface area contributed by atoms with Crippen LogP contribution in [0.4, 0.5) is 11.5 Å². The minimum Gasteiger partial charge on any atom is -0.339 e. The van der Waals surface area contributed by atoms with Crippen LogP contribution in [0.3, 0.4) is 0 Å². The van der Waals surface area contributed by atoms with Crippen LogP contribution in [0.5, 0.6) is 0 Å². The molecule has 0 amide bonds. The second kappa shape index (κ2) is 5.54. The summed E-state index contributed by atoms with van der Waals surface area (Å²) in [6, 6.07) is 7.83. The Kier molecular flexibility index (Phi) is 4.27. The zero-order chi connectivity index (χ0) is 12.4. The van der Waals surface area contributed by atoms with Gasteiger partial charge < -0.3 is 5.32 Å². The van der Waals surface area contributed by atoms with Gasteiger partial charge in [-0.05, 0) is 75.3 Å². The summed E-state index contributed by atoms with van der Waals surface area (Å²) in [6.45, 7) is 2.02. The Morgan fingerprint density at radius 1 is 1.35 bits per heavy atom. The van der Waals surface area contributed by atoms with E-state index >= 15 is 0 Å². The first-order valence-electron chi connectivity index (χ1n) is 4.90. The lowest BCUT2D eigenvalue weighted by Gasteiger charge is -2.09. The third-order valence-electron chi connectivity index (χ3n) is 2.24. The molecule has 0 radical (unpaired) electrons. The van der Waals surface area contributed by atoms with Crippen molar-refractivity contribution in [3.8, 4) is 0 Å². The fraction of sp³-hybridized carbons (Fsp3) is 0.0833. The van der Waals surface area contributed by atoms with Crippen molar-refractivity contribution in [1.82, 2.24) is 4.98 Å². The van der Waals surface area contributed by atoms with Gasteiger partial charge in [0.2, 0.25) is 0 Å². The van der Waals surface area contributed by atoms with Crippen molar-refractivity contribution in [3.63, 3.8) is 0 Å². The van der Waals surface area contributed by atoms with Gasteiger partial charge in [0.15, 0.2) is 0 Å². The third kappa shape index (κ3) is 3.33. The van der Waals surface area contributed by atoms with Crippen LogP contribution in [0.25, 0.3) is 0 Å². The topological polar surface area (TPSA) is 24.9 Å². The number of hydrogen-bond donors (Lipinski definition) is 1. The van der Waals surface area contributed by atoms with E-state index in [0.29, 0.717) is 5.02 Å². The lowest BCUT2D eigenvalue weighted by molar-refractivity contribution is 1.25. The Bertz CT molecular complexity index is 560. The van der Waals surface area contributed by atoms with Crippen LogP contribution in [0.1, 0.15) is 5.56 Å². The van der Waals surface area contributed by atoms with Gasteiger partial charge in [-0.25, -0.2) is 4.98 Å². The molecule has 0 atom stereocenters. The maximum Gasteiger partial charge on any atom is 0.130 e. The molecule has 0 spiro atoms. The molecule has 0 saturated heterocycles. The van der Waals surface area contributed by atoms with E-state index in [0.717, 1.165) is 25.1 Å². The van der Waals surface area contributed by atoms with Crippen molar-refractivity contribution in [2.75, 3.05) is 5.32 Å². The quantitative estimate of drug-likeness (QED) is 0.676. The summed E-state index contributed by atoms with van der Waals surface area (Å²) in [5.74, 6) is 0.786. The van der Waals surface area contributed by atoms with Crippen molar-refractivity contribution in [2.24, 2.45) is 0 Å². The van der Waals surface area contributed by atoms with Gasteiger partial charge in [0, 0.05) is 14.2 Å². The fourth-order valence-electron chi connectivity index (χ4n) is 1.34. The highest BCUT2D eigenvalue weighted by Crippen LogP contribution is 2.27. The second-order valence-electron chi connectivity index (χ2n) is 3.57. The number of rotatable bonds is 2. The number of nitrogens with zero attached hydrogens (tertiary/aromatic N) is 1. The molecule has 2 aromatic rings. The van der Waals surface area contributed by atoms with Crippen LogP contribution < -0.4 is 5.32 Å². The predicted molar refractivity (Wildman–Crippen MR) is 84.1 cm³/mol. The van der Waals surface area contributed by atoms with Gasteiger partial charge in [-0.2, -0.15) is 0 Å². The molecular weight excluding hydrogens is 414 g/mol. The maximum absolute atomic E-state index is 6.15. The first-order valence-corrected chi connectivity index (χ1v) is 7.15. The molecule has 0 aliphatic heterocycles. The molecule has 1 N–H and O–H groups in total. The zero-order valence-electron chi connectivity index (χ0n) is 8.97. The SMILES string of the molecule is Cc1cc(Nc2ccc(I)cc2Cl)ncc1Br. The lowest BCUT2D eigenvalue weighted by Crippen LogP contribution is -1.95. The molecule has 1 aromatic carbocycles. The second-order valence-corrected chi connectivity index (χ2v) is 6.08. The van der Waals surface area contributed by atoms with E-state index in [2.05, 4.69) is 48.8 Å². The highest BCUT2D eigenvalue weighted by Gasteiger charge is 2.03. The smallest absolute Gasteiger partial charge is 0.130 e. The minimum absolute atomic E-state index is 0.694. The monoisotopic (exact) mass is 422 g/mol. The van der Waals surface area contributed by atoms with Crippen molar-refractivity contribution < 1.29 is 0 Å². The standard InChI is InChI=1S/C12H9BrClIN2/c1-7-4-12(16-6-9(7)13)17-11-3-2-8(15)5-10(11)14/h2-6H,1H3,(H,16,17). The first kappa shape index (κ1) is 13.1. The average Bonchev–Trinajstić information content (AvgIpc) is 2.27. The molecule has 0 fully saturated rings. The van der Waals surface area contributed by atoms with Gasteiger partial charge in [0.1, 0.15) is 5.82 Å². The van der Waals surface area contributed by atoms with E-state index in [-0.39, 0.29) is 0 Å². The summed E-state index contributed by atoms with van der Waals surface area (Å²) in [7, 11) is 0. The molecule has 1 heterocycles. The van der Waals surface area contributed by atoms with E-state index < -0.39 is 0 Å². The van der Waals surface area contributed by atoms with E-state index in [4.69, 9.17) is 11.6 Å². The third-order valence-corrected chi connectivity index (χ3v) is 4.05. The predicted octanol–water partition coefficient (Wildman–Crippen LogP) is 5.15. The van der Waals surface area contributed by atoms with Crippen molar-refractivity contribution in [2.45, 2.75) is 6.92 Å². The van der Waals surface area contributed by atoms with Crippen molar-refractivity contribution in [3.05, 3.63) is 49.1 Å². The molecule has 5 heteroatoms. The number of nitrogens with one attached hydrogen (secondary N) is 1. The normalized spacial score (nSPS) is 10.4. The molecule has 0 unspecified atom stereocenters. The van der Waals surface area contributed by atoms with E-state index in [1.54, 1.807) is 6.20 Å². The van der Waals surface area contributed by atoms with Crippen LogP contribution in [-0.4, -0.2) is 4.98 Å². The van der Waals surface area contributed by atoms with E-state index in [9.17, 15) is 0 Å². The number of benzene rings is 1. The van der Waals surface area contributed by atoms with Crippen LogP contribution in [0.15, 0.2) is 34.9 Å². The lowest BCUT2D eigenvalue weighted by atomic mass is 10.3. The number of aryl methyl sites for hydroxylation is 1. The summed E-state index contributed by atoms with van der Waals surface area (Å²) in [5, 5.41) is 3.89. The Morgan fingerprint density at radius 3 is 2.76 bits per heavy atom. The first-order chi connectivity index (χ1) is 8.06. The molecule has 88 valence electrons. The Balaban J connectivity index is 2.28. The molecule has 0 aliphatic rings. The number of aromatic nitrogens is 1. The minimum atomic E-state index is 0.694. The fourth-order valence-corrected chi connectivity index (χ4v) is 2.46. The molecule has 17 heavy (non-hydrogen) atoms. The number of anilines is 2. The summed E-state index contributed by atoms with van der Waals surface area (Å²) in [4.78, 5) is 4.28. The maximum atomic E-state index is 6.15. The molecule has 2 rings (SSSR count). The zero-order valence-corrected chi connectivity index (χ0v) is 13.5. The van der Waals surface area contributed by atoms with Gasteiger partial charge in [-0.3, -0.25) is 0 Å². The Hall–Kier alpha value is -0.330. The molecule has 1 aromatic heterocycles. The summed E-state index contributed by atoms with van der Waals surface area (Å²) in [5.41, 5.74) is 1.99. The van der Waals surface area contributed by atoms with Gasteiger partial charge >= 0.3 is 0 Å². The molecule has 0 saturated carbocycles. The van der Waals surface area contributed by atoms with Gasteiger partial charge in [-0.15, -0.1) is 0 Å². The van der Waals surface area contributed by atoms with E-state index in [1.165, 1.54) is 0 Å². The highest BCUT2D eigenvalue weighted by atomic mass is 127. The van der Waals surface area contributed by atoms with Crippen molar-refractivity contribution in [1.29, 1.82) is 0 Å². The van der Waals surface area contributed by atoms with Gasteiger partial charge in [0.05, 0.1) is 10.7 Å². The van der Waals surface area contributed by atoms with Gasteiger partial charge in [0.25, 0.3) is 0 Å². The van der Waals surface area contributed by atoms with E-state index in [1.807, 2.05) is 31.2 Å². The molecule has 0 bridgehead atoms.